The van der Waals surface area contributed by atoms with Crippen LogP contribution in [0.1, 0.15) is 16.7 Å². The lowest BCUT2D eigenvalue weighted by Gasteiger charge is -2.10. The van der Waals surface area contributed by atoms with Gasteiger partial charge in [-0.3, -0.25) is 4.79 Å². The number of carbonyl (C=O) groups is 1. The maximum absolute atomic E-state index is 12.4. The number of nitrogens with one attached hydrogen (secondary N) is 1. The molecule has 0 aromatic heterocycles. The monoisotopic (exact) mass is 382 g/mol. The molecule has 29 heavy (non-hydrogen) atoms. The molecule has 0 aliphatic heterocycles. The number of hydrogen-bond acceptors (Lipinski definition) is 3. The predicted octanol–water partition coefficient (Wildman–Crippen LogP) is 4.53. The Kier molecular flexibility index (Phi) is 7.20. The van der Waals surface area contributed by atoms with Crippen LogP contribution in [0.15, 0.2) is 90.5 Å². The Morgan fingerprint density at radius 1 is 0.897 bits per heavy atom. The molecule has 4 nitrogen and oxygen atoms in total. The molecule has 144 valence electrons. The molecule has 0 saturated carbocycles. The third-order valence-electron chi connectivity index (χ3n) is 4.36. The van der Waals surface area contributed by atoms with Crippen molar-refractivity contribution in [2.24, 2.45) is 0 Å². The summed E-state index contributed by atoms with van der Waals surface area (Å²) in [5.74, 6) is 0.238. The van der Waals surface area contributed by atoms with Crippen molar-refractivity contribution < 1.29 is 9.53 Å². The normalized spacial score (nSPS) is 10.8. The highest BCUT2D eigenvalue weighted by Crippen LogP contribution is 2.22. The number of carbonyl (C=O) groups excluding carboxylic acids is 1. The molecule has 3 rings (SSSR count). The quantitative estimate of drug-likeness (QED) is 0.460. The first-order valence-electron chi connectivity index (χ1n) is 9.46. The second-order valence-corrected chi connectivity index (χ2v) is 6.47. The van der Waals surface area contributed by atoms with E-state index in [1.807, 2.05) is 91.0 Å². The van der Waals surface area contributed by atoms with E-state index < -0.39 is 0 Å². The van der Waals surface area contributed by atoms with Crippen molar-refractivity contribution in [3.8, 4) is 11.8 Å². The summed E-state index contributed by atoms with van der Waals surface area (Å²) in [7, 11) is 0. The molecular formula is C25H22N2O2. The summed E-state index contributed by atoms with van der Waals surface area (Å²) in [4.78, 5) is 12.4. The maximum Gasteiger partial charge on any atom is 0.261 e. The molecule has 0 radical (unpaired) electrons. The number of rotatable bonds is 8. The average molecular weight is 382 g/mol. The van der Waals surface area contributed by atoms with E-state index in [0.717, 1.165) is 11.1 Å². The van der Waals surface area contributed by atoms with Gasteiger partial charge in [0.1, 0.15) is 24.0 Å². The molecule has 0 heterocycles. The third kappa shape index (κ3) is 6.08. The minimum atomic E-state index is -0.388. The summed E-state index contributed by atoms with van der Waals surface area (Å²) in [6.07, 6.45) is 2.28. The highest BCUT2D eigenvalue weighted by atomic mass is 16.5. The Bertz CT molecular complexity index is 1010. The summed E-state index contributed by atoms with van der Waals surface area (Å²) in [6.45, 7) is 0.880. The van der Waals surface area contributed by atoms with Gasteiger partial charge < -0.3 is 10.1 Å². The molecule has 1 N–H and O–H groups in total. The number of hydrogen-bond donors (Lipinski definition) is 1. The van der Waals surface area contributed by atoms with E-state index in [0.29, 0.717) is 30.9 Å². The van der Waals surface area contributed by atoms with Crippen LogP contribution in [0.25, 0.3) is 6.08 Å². The first kappa shape index (κ1) is 19.9. The van der Waals surface area contributed by atoms with Crippen molar-refractivity contribution >= 4 is 12.0 Å². The van der Waals surface area contributed by atoms with Crippen molar-refractivity contribution in [3.63, 3.8) is 0 Å². The Morgan fingerprint density at radius 3 is 2.21 bits per heavy atom. The van der Waals surface area contributed by atoms with Crippen LogP contribution in [-0.4, -0.2) is 12.5 Å². The molecule has 1 amide bonds. The first-order chi connectivity index (χ1) is 14.3. The highest BCUT2D eigenvalue weighted by Gasteiger charge is 2.10. The van der Waals surface area contributed by atoms with Gasteiger partial charge in [0.05, 0.1) is 0 Å². The zero-order chi connectivity index (χ0) is 20.3. The lowest BCUT2D eigenvalue weighted by atomic mass is 10.1. The van der Waals surface area contributed by atoms with Crippen molar-refractivity contribution in [3.05, 3.63) is 107 Å². The molecule has 0 fully saturated rings. The van der Waals surface area contributed by atoms with Crippen LogP contribution in [0.3, 0.4) is 0 Å². The SMILES string of the molecule is N#C/C(=C/c1ccccc1OCc1ccccc1)C(=O)NCCc1ccccc1. The number of para-hydroxylation sites is 1. The Morgan fingerprint density at radius 2 is 1.52 bits per heavy atom. The predicted molar refractivity (Wildman–Crippen MR) is 114 cm³/mol. The fourth-order valence-corrected chi connectivity index (χ4v) is 2.83. The molecule has 4 heteroatoms. The number of nitriles is 1. The fraction of sp³-hybridized carbons (Fsp3) is 0.120. The van der Waals surface area contributed by atoms with Crippen LogP contribution >= 0.6 is 0 Å². The van der Waals surface area contributed by atoms with Gasteiger partial charge in [0.15, 0.2) is 0 Å². The van der Waals surface area contributed by atoms with Gasteiger partial charge in [-0.1, -0.05) is 78.9 Å². The van der Waals surface area contributed by atoms with Gasteiger partial charge in [0.25, 0.3) is 5.91 Å². The number of benzene rings is 3. The zero-order valence-corrected chi connectivity index (χ0v) is 16.0. The molecule has 0 atom stereocenters. The van der Waals surface area contributed by atoms with E-state index in [4.69, 9.17) is 4.74 Å². The van der Waals surface area contributed by atoms with E-state index in [-0.39, 0.29) is 11.5 Å². The second kappa shape index (κ2) is 10.5. The molecule has 3 aromatic rings. The van der Waals surface area contributed by atoms with Gasteiger partial charge in [-0.15, -0.1) is 0 Å². The molecule has 3 aromatic carbocycles. The van der Waals surface area contributed by atoms with Gasteiger partial charge >= 0.3 is 0 Å². The lowest BCUT2D eigenvalue weighted by Crippen LogP contribution is -2.26. The summed E-state index contributed by atoms with van der Waals surface area (Å²) in [6, 6.07) is 29.1. The Labute approximate surface area is 171 Å². The van der Waals surface area contributed by atoms with Crippen molar-refractivity contribution in [1.29, 1.82) is 5.26 Å². The minimum absolute atomic E-state index is 0.0498. The van der Waals surface area contributed by atoms with E-state index in [2.05, 4.69) is 5.32 Å². The van der Waals surface area contributed by atoms with Crippen molar-refractivity contribution in [2.75, 3.05) is 6.54 Å². The van der Waals surface area contributed by atoms with E-state index in [1.165, 1.54) is 0 Å². The van der Waals surface area contributed by atoms with Crippen LogP contribution in [0, 0.1) is 11.3 Å². The summed E-state index contributed by atoms with van der Waals surface area (Å²) < 4.78 is 5.90. The van der Waals surface area contributed by atoms with E-state index >= 15 is 0 Å². The highest BCUT2D eigenvalue weighted by molar-refractivity contribution is 6.01. The van der Waals surface area contributed by atoms with Gasteiger partial charge in [-0.25, -0.2) is 0 Å². The molecule has 0 bridgehead atoms. The number of nitrogens with zero attached hydrogens (tertiary/aromatic N) is 1. The molecule has 0 spiro atoms. The van der Waals surface area contributed by atoms with Gasteiger partial charge in [-0.05, 0) is 29.7 Å². The van der Waals surface area contributed by atoms with Crippen LogP contribution < -0.4 is 10.1 Å². The van der Waals surface area contributed by atoms with Gasteiger partial charge in [0.2, 0.25) is 0 Å². The smallest absolute Gasteiger partial charge is 0.261 e. The molecule has 0 aliphatic rings. The number of ether oxygens (including phenoxy) is 1. The first-order valence-corrected chi connectivity index (χ1v) is 9.46. The van der Waals surface area contributed by atoms with Gasteiger partial charge in [0, 0.05) is 12.1 Å². The Hall–Kier alpha value is -3.84. The summed E-state index contributed by atoms with van der Waals surface area (Å²) in [5.41, 5.74) is 2.92. The topological polar surface area (TPSA) is 62.1 Å². The van der Waals surface area contributed by atoms with E-state index in [9.17, 15) is 10.1 Å². The molecule has 0 aliphatic carbocycles. The minimum Gasteiger partial charge on any atom is -0.488 e. The summed E-state index contributed by atoms with van der Waals surface area (Å²) >= 11 is 0. The Balaban J connectivity index is 1.65. The second-order valence-electron chi connectivity index (χ2n) is 6.47. The van der Waals surface area contributed by atoms with E-state index in [1.54, 1.807) is 6.08 Å². The number of amides is 1. The zero-order valence-electron chi connectivity index (χ0n) is 16.0. The summed E-state index contributed by atoms with van der Waals surface area (Å²) in [5, 5.41) is 12.3. The molecular weight excluding hydrogens is 360 g/mol. The lowest BCUT2D eigenvalue weighted by molar-refractivity contribution is -0.117. The largest absolute Gasteiger partial charge is 0.488 e. The molecule has 0 unspecified atom stereocenters. The fourth-order valence-electron chi connectivity index (χ4n) is 2.83. The molecule has 0 saturated heterocycles. The van der Waals surface area contributed by atoms with Gasteiger partial charge in [-0.2, -0.15) is 5.26 Å². The van der Waals surface area contributed by atoms with Crippen LogP contribution in [0.4, 0.5) is 0 Å². The average Bonchev–Trinajstić information content (AvgIpc) is 2.78. The van der Waals surface area contributed by atoms with Crippen LogP contribution in [0.5, 0.6) is 5.75 Å². The third-order valence-corrected chi connectivity index (χ3v) is 4.36. The standard InChI is InChI=1S/C25H22N2O2/c26-18-23(25(28)27-16-15-20-9-3-1-4-10-20)17-22-13-7-8-14-24(22)29-19-21-11-5-2-6-12-21/h1-14,17H,15-16,19H2,(H,27,28)/b23-17-. The van der Waals surface area contributed by atoms with Crippen LogP contribution in [-0.2, 0) is 17.8 Å². The van der Waals surface area contributed by atoms with Crippen LogP contribution in [0.2, 0.25) is 0 Å². The van der Waals surface area contributed by atoms with Crippen molar-refractivity contribution in [1.82, 2.24) is 5.32 Å². The maximum atomic E-state index is 12.4. The van der Waals surface area contributed by atoms with Crippen molar-refractivity contribution in [2.45, 2.75) is 13.0 Å².